The topological polar surface area (TPSA) is 22.1 Å². The van der Waals surface area contributed by atoms with E-state index in [9.17, 15) is 0 Å². The summed E-state index contributed by atoms with van der Waals surface area (Å²) >= 11 is 13.3. The van der Waals surface area contributed by atoms with E-state index in [2.05, 4.69) is 4.98 Å². The monoisotopic (exact) mass is 301 g/mol. The summed E-state index contributed by atoms with van der Waals surface area (Å²) in [6.45, 7) is 3.96. The van der Waals surface area contributed by atoms with Gasteiger partial charge >= 0.3 is 0 Å². The minimum absolute atomic E-state index is 0.107. The number of aryl methyl sites for hydroxylation is 1. The van der Waals surface area contributed by atoms with Crippen molar-refractivity contribution in [2.24, 2.45) is 0 Å². The summed E-state index contributed by atoms with van der Waals surface area (Å²) < 4.78 is 5.89. The van der Waals surface area contributed by atoms with Crippen molar-refractivity contribution in [3.8, 4) is 5.75 Å². The van der Waals surface area contributed by atoms with E-state index in [0.29, 0.717) is 10.9 Å². The zero-order valence-electron chi connectivity index (χ0n) is 10.1. The fraction of sp³-hybridized carbons (Fsp3) is 0.308. The van der Waals surface area contributed by atoms with E-state index in [4.69, 9.17) is 27.9 Å². The molecular weight excluding hydrogens is 289 g/mol. The molecule has 0 aliphatic rings. The average Bonchev–Trinajstić information content (AvgIpc) is 2.82. The zero-order chi connectivity index (χ0) is 13.1. The summed E-state index contributed by atoms with van der Waals surface area (Å²) in [5.41, 5.74) is 1.94. The molecular formula is C13H13Cl2NOS. The molecule has 96 valence electrons. The summed E-state index contributed by atoms with van der Waals surface area (Å²) in [6.07, 6.45) is -0.107. The summed E-state index contributed by atoms with van der Waals surface area (Å²) in [6, 6.07) is 5.61. The van der Waals surface area contributed by atoms with Crippen molar-refractivity contribution in [1.82, 2.24) is 4.98 Å². The normalized spacial score (nSPS) is 12.4. The summed E-state index contributed by atoms with van der Waals surface area (Å²) in [7, 11) is 0. The molecule has 0 amide bonds. The molecule has 0 saturated heterocycles. The lowest BCUT2D eigenvalue weighted by atomic mass is 10.2. The van der Waals surface area contributed by atoms with Crippen LogP contribution in [0.5, 0.6) is 5.75 Å². The molecule has 1 aromatic heterocycles. The number of hydrogen-bond donors (Lipinski definition) is 0. The molecule has 0 spiro atoms. The first kappa shape index (κ1) is 13.7. The molecule has 1 atom stereocenters. The van der Waals surface area contributed by atoms with Crippen molar-refractivity contribution >= 4 is 34.5 Å². The maximum Gasteiger partial charge on any atom is 0.147 e. The van der Waals surface area contributed by atoms with E-state index in [-0.39, 0.29) is 6.10 Å². The van der Waals surface area contributed by atoms with E-state index in [1.54, 1.807) is 11.3 Å². The predicted molar refractivity (Wildman–Crippen MR) is 76.9 cm³/mol. The van der Waals surface area contributed by atoms with Crippen molar-refractivity contribution < 1.29 is 4.74 Å². The zero-order valence-corrected chi connectivity index (χ0v) is 12.4. The number of benzene rings is 1. The summed E-state index contributed by atoms with van der Waals surface area (Å²) in [5, 5.41) is 3.54. The molecule has 2 aromatic rings. The predicted octanol–water partition coefficient (Wildman–Crippen LogP) is 4.98. The second kappa shape index (κ2) is 5.91. The molecule has 0 N–H and O–H groups in total. The fourth-order valence-corrected chi connectivity index (χ4v) is 2.71. The highest BCUT2D eigenvalue weighted by Gasteiger charge is 2.13. The lowest BCUT2D eigenvalue weighted by Crippen LogP contribution is -2.04. The van der Waals surface area contributed by atoms with Crippen molar-refractivity contribution in [3.05, 3.63) is 44.9 Å². The quantitative estimate of drug-likeness (QED) is 0.743. The average molecular weight is 302 g/mol. The van der Waals surface area contributed by atoms with Crippen LogP contribution >= 0.6 is 34.5 Å². The summed E-state index contributed by atoms with van der Waals surface area (Å²) in [4.78, 5) is 4.41. The lowest BCUT2D eigenvalue weighted by Gasteiger charge is -2.14. The maximum absolute atomic E-state index is 5.96. The molecule has 0 saturated carbocycles. The number of rotatable bonds is 4. The molecule has 2 nitrogen and oxygen atoms in total. The number of thiazole rings is 1. The Morgan fingerprint density at radius 3 is 2.89 bits per heavy atom. The van der Waals surface area contributed by atoms with E-state index in [1.165, 1.54) is 0 Å². The van der Waals surface area contributed by atoms with Crippen LogP contribution in [0.4, 0.5) is 0 Å². The fourth-order valence-electron chi connectivity index (χ4n) is 1.51. The third-order valence-corrected chi connectivity index (χ3v) is 4.07. The molecule has 0 aliphatic carbocycles. The Balaban J connectivity index is 2.15. The minimum Gasteiger partial charge on any atom is -0.483 e. The van der Waals surface area contributed by atoms with Gasteiger partial charge in [0, 0.05) is 10.4 Å². The number of halogens is 2. The lowest BCUT2D eigenvalue weighted by molar-refractivity contribution is 0.224. The van der Waals surface area contributed by atoms with Crippen LogP contribution in [0.15, 0.2) is 23.6 Å². The van der Waals surface area contributed by atoms with Gasteiger partial charge in [-0.2, -0.15) is 0 Å². The van der Waals surface area contributed by atoms with Gasteiger partial charge in [-0.15, -0.1) is 22.9 Å². The standard InChI is InChI=1S/C13H13Cl2NOS/c1-8-3-4-10(15)5-12(8)17-9(2)13-16-11(6-14)7-18-13/h3-5,7,9H,6H2,1-2H3. The second-order valence-electron chi connectivity index (χ2n) is 3.98. The first-order valence-electron chi connectivity index (χ1n) is 5.53. The van der Waals surface area contributed by atoms with Crippen molar-refractivity contribution in [1.29, 1.82) is 0 Å². The Morgan fingerprint density at radius 2 is 2.22 bits per heavy atom. The van der Waals surface area contributed by atoms with Gasteiger partial charge in [0.2, 0.25) is 0 Å². The van der Waals surface area contributed by atoms with E-state index < -0.39 is 0 Å². The van der Waals surface area contributed by atoms with Crippen molar-refractivity contribution in [3.63, 3.8) is 0 Å². The van der Waals surface area contributed by atoms with Crippen LogP contribution in [0.25, 0.3) is 0 Å². The van der Waals surface area contributed by atoms with Gasteiger partial charge in [0.15, 0.2) is 0 Å². The van der Waals surface area contributed by atoms with E-state index >= 15 is 0 Å². The molecule has 0 bridgehead atoms. The molecule has 18 heavy (non-hydrogen) atoms. The third-order valence-electron chi connectivity index (χ3n) is 2.51. The van der Waals surface area contributed by atoms with Gasteiger partial charge in [-0.3, -0.25) is 0 Å². The molecule has 0 fully saturated rings. The van der Waals surface area contributed by atoms with Gasteiger partial charge in [-0.25, -0.2) is 4.98 Å². The van der Waals surface area contributed by atoms with Gasteiger partial charge < -0.3 is 4.74 Å². The first-order chi connectivity index (χ1) is 8.60. The third kappa shape index (κ3) is 3.16. The minimum atomic E-state index is -0.107. The van der Waals surface area contributed by atoms with Crippen LogP contribution in [0.3, 0.4) is 0 Å². The Kier molecular flexibility index (Phi) is 4.49. The number of alkyl halides is 1. The van der Waals surface area contributed by atoms with Crippen LogP contribution in [0.1, 0.15) is 29.3 Å². The molecule has 1 heterocycles. The molecule has 0 radical (unpaired) electrons. The van der Waals surface area contributed by atoms with Crippen molar-refractivity contribution in [2.75, 3.05) is 0 Å². The molecule has 1 unspecified atom stereocenters. The van der Waals surface area contributed by atoms with Gasteiger partial charge in [0.25, 0.3) is 0 Å². The van der Waals surface area contributed by atoms with Gasteiger partial charge in [0.1, 0.15) is 16.9 Å². The van der Waals surface area contributed by atoms with E-state index in [0.717, 1.165) is 22.0 Å². The molecule has 0 aliphatic heterocycles. The maximum atomic E-state index is 5.96. The highest BCUT2D eigenvalue weighted by Crippen LogP contribution is 2.29. The highest BCUT2D eigenvalue weighted by molar-refractivity contribution is 7.09. The largest absolute Gasteiger partial charge is 0.483 e. The molecule has 2 rings (SSSR count). The Labute approximate surface area is 121 Å². The second-order valence-corrected chi connectivity index (χ2v) is 5.57. The van der Waals surface area contributed by atoms with Gasteiger partial charge in [-0.05, 0) is 31.5 Å². The summed E-state index contributed by atoms with van der Waals surface area (Å²) in [5.74, 6) is 1.22. The van der Waals surface area contributed by atoms with Crippen LogP contribution in [-0.4, -0.2) is 4.98 Å². The van der Waals surface area contributed by atoms with Crippen LogP contribution in [0, 0.1) is 6.92 Å². The molecule has 1 aromatic carbocycles. The molecule has 5 heteroatoms. The van der Waals surface area contributed by atoms with Gasteiger partial charge in [-0.1, -0.05) is 17.7 Å². The van der Waals surface area contributed by atoms with E-state index in [1.807, 2.05) is 37.4 Å². The Morgan fingerprint density at radius 1 is 1.44 bits per heavy atom. The van der Waals surface area contributed by atoms with Gasteiger partial charge in [0.05, 0.1) is 11.6 Å². The first-order valence-corrected chi connectivity index (χ1v) is 7.32. The van der Waals surface area contributed by atoms with Crippen LogP contribution in [-0.2, 0) is 5.88 Å². The van der Waals surface area contributed by atoms with Crippen LogP contribution in [0.2, 0.25) is 5.02 Å². The number of nitrogens with zero attached hydrogens (tertiary/aromatic N) is 1. The Hall–Kier alpha value is -0.770. The number of hydrogen-bond acceptors (Lipinski definition) is 3. The highest BCUT2D eigenvalue weighted by atomic mass is 35.5. The SMILES string of the molecule is Cc1ccc(Cl)cc1OC(C)c1nc(CCl)cs1. The smallest absolute Gasteiger partial charge is 0.147 e. The van der Waals surface area contributed by atoms with Crippen LogP contribution < -0.4 is 4.74 Å². The number of aromatic nitrogens is 1. The number of ether oxygens (including phenoxy) is 1. The Bertz CT molecular complexity index is 542. The van der Waals surface area contributed by atoms with Crippen molar-refractivity contribution in [2.45, 2.75) is 25.8 Å².